The lowest BCUT2D eigenvalue weighted by Gasteiger charge is -2.26. The summed E-state index contributed by atoms with van der Waals surface area (Å²) in [5.74, 6) is -1.57. The summed E-state index contributed by atoms with van der Waals surface area (Å²) in [5, 5.41) is 0.126. The van der Waals surface area contributed by atoms with E-state index in [0.717, 1.165) is 11.3 Å². The molecule has 0 aliphatic rings. The highest BCUT2D eigenvalue weighted by molar-refractivity contribution is 7.18. The molecule has 0 radical (unpaired) electrons. The molecule has 1 amide bonds. The lowest BCUT2D eigenvalue weighted by molar-refractivity contribution is -0.118. The maximum Gasteiger partial charge on any atom is 0.240 e. The summed E-state index contributed by atoms with van der Waals surface area (Å²) < 4.78 is 13.6. The van der Waals surface area contributed by atoms with Crippen molar-refractivity contribution in [1.29, 1.82) is 0 Å². The van der Waals surface area contributed by atoms with Crippen LogP contribution in [0.2, 0.25) is 5.02 Å². The van der Waals surface area contributed by atoms with Crippen LogP contribution in [0, 0.1) is 5.82 Å². The normalized spacial score (nSPS) is 11.8. The smallest absolute Gasteiger partial charge is 0.240 e. The van der Waals surface area contributed by atoms with Crippen molar-refractivity contribution in [2.75, 3.05) is 10.6 Å². The van der Waals surface area contributed by atoms with Crippen LogP contribution in [-0.4, -0.2) is 27.7 Å². The molecule has 7 nitrogen and oxygen atoms in total. The highest BCUT2D eigenvalue weighted by atomic mass is 35.5. The summed E-state index contributed by atoms with van der Waals surface area (Å²) in [5.41, 5.74) is 12.2. The molecule has 2 aromatic heterocycles. The number of halogens is 2. The second-order valence-corrected chi connectivity index (χ2v) is 7.21. The quantitative estimate of drug-likeness (QED) is 0.593. The van der Waals surface area contributed by atoms with Crippen LogP contribution >= 0.6 is 22.9 Å². The molecule has 3 aromatic rings. The molecule has 1 unspecified atom stereocenters. The predicted molar refractivity (Wildman–Crippen MR) is 106 cm³/mol. The van der Waals surface area contributed by atoms with E-state index in [0.29, 0.717) is 11.3 Å². The van der Waals surface area contributed by atoms with Gasteiger partial charge in [-0.1, -0.05) is 22.9 Å². The van der Waals surface area contributed by atoms with Gasteiger partial charge < -0.3 is 16.4 Å². The van der Waals surface area contributed by atoms with E-state index in [9.17, 15) is 14.0 Å². The number of benzene rings is 1. The van der Waals surface area contributed by atoms with Gasteiger partial charge in [-0.05, 0) is 37.3 Å². The third kappa shape index (κ3) is 3.80. The van der Waals surface area contributed by atoms with Crippen molar-refractivity contribution in [3.63, 3.8) is 0 Å². The fourth-order valence-electron chi connectivity index (χ4n) is 2.48. The van der Waals surface area contributed by atoms with E-state index >= 15 is 0 Å². The van der Waals surface area contributed by atoms with E-state index in [2.05, 4.69) is 9.97 Å². The number of nitrogens with two attached hydrogens (primary N) is 2. The molecule has 3 rings (SSSR count). The topological polar surface area (TPSA) is 115 Å². The number of primary amides is 1. The number of thiazole rings is 1. The van der Waals surface area contributed by atoms with Gasteiger partial charge in [0.15, 0.2) is 5.13 Å². The number of ketones is 1. The SMILES string of the molecule is CC(C(N)=O)N(c1ccc(F)c(Cl)c1)c1nc(N)c(C(=O)c2ccncc2)s1. The van der Waals surface area contributed by atoms with Crippen molar-refractivity contribution in [3.8, 4) is 0 Å². The van der Waals surface area contributed by atoms with Crippen molar-refractivity contribution >= 4 is 51.3 Å². The van der Waals surface area contributed by atoms with Crippen LogP contribution in [0.3, 0.4) is 0 Å². The number of nitrogens with zero attached hydrogens (tertiary/aromatic N) is 3. The first-order valence-corrected chi connectivity index (χ1v) is 9.23. The van der Waals surface area contributed by atoms with Crippen LogP contribution in [-0.2, 0) is 4.79 Å². The van der Waals surface area contributed by atoms with E-state index in [-0.39, 0.29) is 26.6 Å². The molecular formula is C18H15ClFN5O2S. The molecule has 0 spiro atoms. The molecule has 4 N–H and O–H groups in total. The lowest BCUT2D eigenvalue weighted by Crippen LogP contribution is -2.40. The van der Waals surface area contributed by atoms with Gasteiger partial charge in [0.25, 0.3) is 0 Å². The number of hydrogen-bond donors (Lipinski definition) is 2. The summed E-state index contributed by atoms with van der Waals surface area (Å²) in [4.78, 5) is 34.3. The number of carbonyl (C=O) groups is 2. The molecule has 0 aliphatic heterocycles. The van der Waals surface area contributed by atoms with Crippen molar-refractivity contribution in [2.24, 2.45) is 5.73 Å². The third-order valence-corrected chi connectivity index (χ3v) is 5.34. The summed E-state index contributed by atoms with van der Waals surface area (Å²) >= 11 is 6.87. The first-order chi connectivity index (χ1) is 13.3. The first-order valence-electron chi connectivity index (χ1n) is 8.04. The zero-order chi connectivity index (χ0) is 20.4. The molecule has 10 heteroatoms. The molecule has 0 saturated heterocycles. The second kappa shape index (κ2) is 7.91. The molecule has 0 saturated carbocycles. The van der Waals surface area contributed by atoms with Crippen LogP contribution in [0.15, 0.2) is 42.7 Å². The largest absolute Gasteiger partial charge is 0.382 e. The fourth-order valence-corrected chi connectivity index (χ4v) is 3.71. The average molecular weight is 420 g/mol. The molecule has 0 aliphatic carbocycles. The van der Waals surface area contributed by atoms with E-state index in [1.807, 2.05) is 0 Å². The van der Waals surface area contributed by atoms with Crippen molar-refractivity contribution in [3.05, 3.63) is 64.0 Å². The van der Waals surface area contributed by atoms with Gasteiger partial charge in [0.05, 0.1) is 5.02 Å². The Balaban J connectivity index is 2.07. The number of anilines is 3. The molecule has 28 heavy (non-hydrogen) atoms. The fraction of sp³-hybridized carbons (Fsp3) is 0.111. The number of hydrogen-bond acceptors (Lipinski definition) is 7. The number of amides is 1. The molecule has 1 aromatic carbocycles. The Bertz CT molecular complexity index is 1040. The minimum absolute atomic E-state index is 0.0108. The molecule has 2 heterocycles. The highest BCUT2D eigenvalue weighted by Gasteiger charge is 2.27. The van der Waals surface area contributed by atoms with E-state index in [1.54, 1.807) is 19.1 Å². The highest BCUT2D eigenvalue weighted by Crippen LogP contribution is 2.37. The number of nitrogen functional groups attached to an aromatic ring is 1. The first kappa shape index (κ1) is 19.7. The van der Waals surface area contributed by atoms with Crippen LogP contribution in [0.5, 0.6) is 0 Å². The lowest BCUT2D eigenvalue weighted by atomic mass is 10.1. The van der Waals surface area contributed by atoms with Gasteiger partial charge in [0.1, 0.15) is 22.6 Å². The Hall–Kier alpha value is -3.04. The van der Waals surface area contributed by atoms with E-state index in [4.69, 9.17) is 23.1 Å². The third-order valence-electron chi connectivity index (χ3n) is 3.98. The van der Waals surface area contributed by atoms with Gasteiger partial charge >= 0.3 is 0 Å². The van der Waals surface area contributed by atoms with Gasteiger partial charge in [0, 0.05) is 23.6 Å². The molecule has 1 atom stereocenters. The van der Waals surface area contributed by atoms with Crippen LogP contribution in [0.4, 0.5) is 21.0 Å². The number of carbonyl (C=O) groups excluding carboxylic acids is 2. The average Bonchev–Trinajstić information content (AvgIpc) is 3.05. The van der Waals surface area contributed by atoms with Crippen LogP contribution in [0.1, 0.15) is 22.2 Å². The zero-order valence-electron chi connectivity index (χ0n) is 14.6. The molecule has 144 valence electrons. The number of rotatable bonds is 6. The predicted octanol–water partition coefficient (Wildman–Crippen LogP) is 3.16. The second-order valence-electron chi connectivity index (χ2n) is 5.82. The Morgan fingerprint density at radius 2 is 1.93 bits per heavy atom. The maximum absolute atomic E-state index is 13.6. The van der Waals surface area contributed by atoms with Gasteiger partial charge in [-0.3, -0.25) is 14.6 Å². The van der Waals surface area contributed by atoms with Crippen LogP contribution in [0.25, 0.3) is 0 Å². The number of pyridine rings is 1. The number of aromatic nitrogens is 2. The molecule has 0 fully saturated rings. The van der Waals surface area contributed by atoms with Gasteiger partial charge in [-0.2, -0.15) is 0 Å². The van der Waals surface area contributed by atoms with Crippen molar-refractivity contribution < 1.29 is 14.0 Å². The van der Waals surface area contributed by atoms with Gasteiger partial charge in [0.2, 0.25) is 11.7 Å². The van der Waals surface area contributed by atoms with Gasteiger partial charge in [-0.25, -0.2) is 9.37 Å². The standard InChI is InChI=1S/C18H15ClFN5O2S/c1-9(17(22)27)25(11-2-3-13(20)12(19)8-11)18-24-16(21)15(28-18)14(26)10-4-6-23-7-5-10/h2-9H,21H2,1H3,(H2,22,27). The summed E-state index contributed by atoms with van der Waals surface area (Å²) in [7, 11) is 0. The van der Waals surface area contributed by atoms with Crippen LogP contribution < -0.4 is 16.4 Å². The van der Waals surface area contributed by atoms with E-state index in [1.165, 1.54) is 35.5 Å². The summed E-state index contributed by atoms with van der Waals surface area (Å²) in [6.07, 6.45) is 2.99. The van der Waals surface area contributed by atoms with Crippen molar-refractivity contribution in [1.82, 2.24) is 9.97 Å². The Morgan fingerprint density at radius 3 is 2.54 bits per heavy atom. The van der Waals surface area contributed by atoms with E-state index < -0.39 is 17.8 Å². The maximum atomic E-state index is 13.6. The molecular weight excluding hydrogens is 405 g/mol. The van der Waals surface area contributed by atoms with Gasteiger partial charge in [-0.15, -0.1) is 0 Å². The minimum atomic E-state index is -0.851. The van der Waals surface area contributed by atoms with Crippen molar-refractivity contribution in [2.45, 2.75) is 13.0 Å². The molecule has 0 bridgehead atoms. The summed E-state index contributed by atoms with van der Waals surface area (Å²) in [6, 6.07) is 6.21. The summed E-state index contributed by atoms with van der Waals surface area (Å²) in [6.45, 7) is 1.56. The Kier molecular flexibility index (Phi) is 5.57. The zero-order valence-corrected chi connectivity index (χ0v) is 16.2. The minimum Gasteiger partial charge on any atom is -0.382 e. The Labute approximate surface area is 168 Å². The monoisotopic (exact) mass is 419 g/mol. The Morgan fingerprint density at radius 1 is 1.25 bits per heavy atom.